The molecule has 0 radical (unpaired) electrons. The van der Waals surface area contributed by atoms with Crippen molar-refractivity contribution in [3.05, 3.63) is 65.4 Å². The number of benzene rings is 2. The van der Waals surface area contributed by atoms with Crippen molar-refractivity contribution in [2.24, 2.45) is 0 Å². The Labute approximate surface area is 210 Å². The van der Waals surface area contributed by atoms with Gasteiger partial charge in [0.2, 0.25) is 11.1 Å². The lowest BCUT2D eigenvalue weighted by molar-refractivity contribution is -0.113. The maximum atomic E-state index is 13.6. The topological polar surface area (TPSA) is 90.3 Å². The number of anilines is 2. The number of allylic oxidation sites excluding steroid dienone is 1. The number of rotatable bonds is 10. The SMILES string of the molecule is CCCSc1nc2n(n1)C(c1ccc(OCC)c(OCC)c1)C(C(=O)Nc1ccccc1)=C(C)N2. The van der Waals surface area contributed by atoms with Crippen molar-refractivity contribution in [1.29, 1.82) is 0 Å². The zero-order valence-electron chi connectivity index (χ0n) is 20.5. The molecule has 3 aromatic rings. The first-order valence-corrected chi connectivity index (χ1v) is 12.9. The molecule has 0 saturated carbocycles. The van der Waals surface area contributed by atoms with Crippen molar-refractivity contribution in [3.8, 4) is 11.5 Å². The van der Waals surface area contributed by atoms with Crippen LogP contribution < -0.4 is 20.1 Å². The van der Waals surface area contributed by atoms with Gasteiger partial charge >= 0.3 is 0 Å². The second kappa shape index (κ2) is 11.3. The molecule has 1 aliphatic heterocycles. The summed E-state index contributed by atoms with van der Waals surface area (Å²) in [5.41, 5.74) is 2.86. The Balaban J connectivity index is 1.80. The van der Waals surface area contributed by atoms with Crippen LogP contribution in [0.3, 0.4) is 0 Å². The fraction of sp³-hybridized carbons (Fsp3) is 0.346. The van der Waals surface area contributed by atoms with Gasteiger partial charge in [-0.15, -0.1) is 5.10 Å². The second-order valence-electron chi connectivity index (χ2n) is 7.97. The average Bonchev–Trinajstić information content (AvgIpc) is 3.26. The van der Waals surface area contributed by atoms with Crippen LogP contribution in [0.25, 0.3) is 0 Å². The molecule has 1 aromatic heterocycles. The molecule has 1 aliphatic rings. The smallest absolute Gasteiger partial charge is 0.255 e. The van der Waals surface area contributed by atoms with E-state index in [1.165, 1.54) is 0 Å². The maximum Gasteiger partial charge on any atom is 0.255 e. The van der Waals surface area contributed by atoms with Crippen LogP contribution >= 0.6 is 11.8 Å². The molecular weight excluding hydrogens is 462 g/mol. The van der Waals surface area contributed by atoms with E-state index in [0.717, 1.165) is 29.1 Å². The van der Waals surface area contributed by atoms with Crippen molar-refractivity contribution in [3.63, 3.8) is 0 Å². The van der Waals surface area contributed by atoms with Gasteiger partial charge in [0.15, 0.2) is 11.5 Å². The third kappa shape index (κ3) is 5.45. The molecule has 4 rings (SSSR count). The Kier molecular flexibility index (Phi) is 7.97. The number of carbonyl (C=O) groups excluding carboxylic acids is 1. The predicted molar refractivity (Wildman–Crippen MR) is 139 cm³/mol. The summed E-state index contributed by atoms with van der Waals surface area (Å²) in [6.07, 6.45) is 1.02. The van der Waals surface area contributed by atoms with Crippen molar-refractivity contribution in [1.82, 2.24) is 14.8 Å². The molecule has 2 heterocycles. The van der Waals surface area contributed by atoms with Gasteiger partial charge in [0.05, 0.1) is 18.8 Å². The number of ether oxygens (including phenoxy) is 2. The maximum absolute atomic E-state index is 13.6. The lowest BCUT2D eigenvalue weighted by Gasteiger charge is -2.29. The molecule has 8 nitrogen and oxygen atoms in total. The van der Waals surface area contributed by atoms with Crippen LogP contribution in [0, 0.1) is 0 Å². The Bertz CT molecular complexity index is 1210. The van der Waals surface area contributed by atoms with E-state index >= 15 is 0 Å². The Morgan fingerprint density at radius 1 is 1.09 bits per heavy atom. The first-order valence-electron chi connectivity index (χ1n) is 11.9. The highest BCUT2D eigenvalue weighted by Crippen LogP contribution is 2.40. The van der Waals surface area contributed by atoms with Crippen molar-refractivity contribution in [2.75, 3.05) is 29.6 Å². The molecule has 0 spiro atoms. The van der Waals surface area contributed by atoms with E-state index in [0.29, 0.717) is 41.4 Å². The standard InChI is InChI=1S/C26H31N5O3S/c1-5-15-35-26-29-25-27-17(4)22(24(32)28-19-11-9-8-10-12-19)23(31(25)30-26)18-13-14-20(33-6-2)21(16-18)34-7-3/h8-14,16,23H,5-7,15H2,1-4H3,(H,28,32)(H,27,29,30). The Hall–Kier alpha value is -3.46. The highest BCUT2D eigenvalue weighted by molar-refractivity contribution is 7.99. The van der Waals surface area contributed by atoms with Crippen LogP contribution in [0.2, 0.25) is 0 Å². The summed E-state index contributed by atoms with van der Waals surface area (Å²) in [7, 11) is 0. The molecule has 2 aromatic carbocycles. The van der Waals surface area contributed by atoms with Crippen molar-refractivity contribution in [2.45, 2.75) is 45.3 Å². The molecule has 1 amide bonds. The van der Waals surface area contributed by atoms with Gasteiger partial charge < -0.3 is 20.1 Å². The highest BCUT2D eigenvalue weighted by Gasteiger charge is 2.35. The third-order valence-corrected chi connectivity index (χ3v) is 6.47. The second-order valence-corrected chi connectivity index (χ2v) is 9.03. The van der Waals surface area contributed by atoms with E-state index in [-0.39, 0.29) is 5.91 Å². The first kappa shape index (κ1) is 24.7. The molecule has 9 heteroatoms. The number of para-hydroxylation sites is 1. The molecule has 184 valence electrons. The summed E-state index contributed by atoms with van der Waals surface area (Å²) >= 11 is 1.60. The number of hydrogen-bond acceptors (Lipinski definition) is 7. The van der Waals surface area contributed by atoms with Crippen LogP contribution in [0.15, 0.2) is 65.0 Å². The van der Waals surface area contributed by atoms with Gasteiger partial charge in [-0.3, -0.25) is 4.79 Å². The molecule has 35 heavy (non-hydrogen) atoms. The molecule has 0 aliphatic carbocycles. The van der Waals surface area contributed by atoms with Crippen LogP contribution in [0.4, 0.5) is 11.6 Å². The van der Waals surface area contributed by atoms with Crippen molar-refractivity contribution >= 4 is 29.3 Å². The molecule has 0 saturated heterocycles. The number of amides is 1. The van der Waals surface area contributed by atoms with Gasteiger partial charge in [0, 0.05) is 17.1 Å². The van der Waals surface area contributed by atoms with E-state index in [2.05, 4.69) is 22.5 Å². The summed E-state index contributed by atoms with van der Waals surface area (Å²) in [5, 5.41) is 11.8. The number of hydrogen-bond donors (Lipinski definition) is 2. The number of thioether (sulfide) groups is 1. The number of fused-ring (bicyclic) bond motifs is 1. The summed E-state index contributed by atoms with van der Waals surface area (Å²) in [6.45, 7) is 8.91. The van der Waals surface area contributed by atoms with Crippen LogP contribution in [-0.2, 0) is 4.79 Å². The van der Waals surface area contributed by atoms with E-state index in [4.69, 9.17) is 14.6 Å². The zero-order valence-corrected chi connectivity index (χ0v) is 21.3. The number of nitrogens with one attached hydrogen (secondary N) is 2. The first-order chi connectivity index (χ1) is 17.0. The Morgan fingerprint density at radius 3 is 2.54 bits per heavy atom. The minimum atomic E-state index is -0.492. The fourth-order valence-corrected chi connectivity index (χ4v) is 4.63. The van der Waals surface area contributed by atoms with Crippen LogP contribution in [0.1, 0.15) is 45.7 Å². The lowest BCUT2D eigenvalue weighted by Crippen LogP contribution is -2.31. The molecular formula is C26H31N5O3S. The van der Waals surface area contributed by atoms with Crippen LogP contribution in [-0.4, -0.2) is 39.6 Å². The summed E-state index contributed by atoms with van der Waals surface area (Å²) < 4.78 is 13.4. The van der Waals surface area contributed by atoms with Gasteiger partial charge in [-0.1, -0.05) is 43.0 Å². The normalized spacial score (nSPS) is 14.8. The summed E-state index contributed by atoms with van der Waals surface area (Å²) in [5.74, 6) is 2.62. The zero-order chi connectivity index (χ0) is 24.8. The van der Waals surface area contributed by atoms with Gasteiger partial charge in [-0.05, 0) is 57.0 Å². The summed E-state index contributed by atoms with van der Waals surface area (Å²) in [6, 6.07) is 14.7. The van der Waals surface area contributed by atoms with Gasteiger partial charge in [0.1, 0.15) is 6.04 Å². The van der Waals surface area contributed by atoms with Crippen LogP contribution in [0.5, 0.6) is 11.5 Å². The highest BCUT2D eigenvalue weighted by atomic mass is 32.2. The third-order valence-electron chi connectivity index (χ3n) is 5.43. The summed E-state index contributed by atoms with van der Waals surface area (Å²) in [4.78, 5) is 18.3. The molecule has 0 bridgehead atoms. The van der Waals surface area contributed by atoms with Gasteiger partial charge in [-0.25, -0.2) is 4.68 Å². The average molecular weight is 494 g/mol. The predicted octanol–water partition coefficient (Wildman–Crippen LogP) is 5.51. The fourth-order valence-electron chi connectivity index (χ4n) is 3.95. The van der Waals surface area contributed by atoms with E-state index in [1.54, 1.807) is 16.4 Å². The molecule has 1 atom stereocenters. The van der Waals surface area contributed by atoms with E-state index in [1.807, 2.05) is 69.3 Å². The monoisotopic (exact) mass is 493 g/mol. The minimum absolute atomic E-state index is 0.207. The van der Waals surface area contributed by atoms with Crippen molar-refractivity contribution < 1.29 is 14.3 Å². The van der Waals surface area contributed by atoms with E-state index in [9.17, 15) is 4.79 Å². The lowest BCUT2D eigenvalue weighted by atomic mass is 9.94. The molecule has 0 fully saturated rings. The molecule has 2 N–H and O–H groups in total. The number of nitrogens with zero attached hydrogens (tertiary/aromatic N) is 3. The van der Waals surface area contributed by atoms with Gasteiger partial charge in [0.25, 0.3) is 5.91 Å². The number of carbonyl (C=O) groups is 1. The molecule has 1 unspecified atom stereocenters. The largest absolute Gasteiger partial charge is 0.490 e. The Morgan fingerprint density at radius 2 is 1.83 bits per heavy atom. The minimum Gasteiger partial charge on any atom is -0.490 e. The van der Waals surface area contributed by atoms with E-state index < -0.39 is 6.04 Å². The number of aromatic nitrogens is 3. The van der Waals surface area contributed by atoms with Gasteiger partial charge in [-0.2, -0.15) is 4.98 Å². The quantitative estimate of drug-likeness (QED) is 0.360.